The van der Waals surface area contributed by atoms with Crippen molar-refractivity contribution in [3.63, 3.8) is 0 Å². The summed E-state index contributed by atoms with van der Waals surface area (Å²) in [5.41, 5.74) is 1.86. The topological polar surface area (TPSA) is 38.3 Å². The van der Waals surface area contributed by atoms with Crippen molar-refractivity contribution in [2.75, 3.05) is 16.8 Å². The van der Waals surface area contributed by atoms with Crippen LogP contribution in [0.15, 0.2) is 48.5 Å². The van der Waals surface area contributed by atoms with Crippen LogP contribution >= 0.6 is 23.5 Å². The van der Waals surface area contributed by atoms with Gasteiger partial charge in [-0.25, -0.2) is 0 Å². The molecule has 1 N–H and O–H groups in total. The molecular formula is C18H17F2NO2S2. The van der Waals surface area contributed by atoms with E-state index in [4.69, 9.17) is 0 Å². The van der Waals surface area contributed by atoms with Gasteiger partial charge in [0.1, 0.15) is 5.75 Å². The van der Waals surface area contributed by atoms with E-state index in [-0.39, 0.29) is 11.3 Å². The number of rotatable bonds is 5. The van der Waals surface area contributed by atoms with Crippen LogP contribution in [0.5, 0.6) is 5.75 Å². The molecule has 1 amide bonds. The monoisotopic (exact) mass is 381 g/mol. The zero-order chi connectivity index (χ0) is 17.6. The number of nitrogens with one attached hydrogen (secondary N) is 1. The Morgan fingerprint density at radius 1 is 1.12 bits per heavy atom. The lowest BCUT2D eigenvalue weighted by Crippen LogP contribution is -2.15. The fourth-order valence-corrected chi connectivity index (χ4v) is 5.37. The Hall–Kier alpha value is -1.73. The van der Waals surface area contributed by atoms with Crippen LogP contribution in [0.25, 0.3) is 0 Å². The molecule has 0 unspecified atom stereocenters. The molecule has 1 aliphatic heterocycles. The first-order chi connectivity index (χ1) is 12.1. The minimum absolute atomic E-state index is 0.0784. The van der Waals surface area contributed by atoms with E-state index in [0.717, 1.165) is 17.1 Å². The smallest absolute Gasteiger partial charge is 0.387 e. The predicted octanol–water partition coefficient (Wildman–Crippen LogP) is 5.41. The molecular weight excluding hydrogens is 364 g/mol. The number of carbonyl (C=O) groups excluding carboxylic acids is 1. The van der Waals surface area contributed by atoms with Crippen molar-refractivity contribution in [1.82, 2.24) is 0 Å². The minimum atomic E-state index is -2.97. The molecule has 0 spiro atoms. The lowest BCUT2D eigenvalue weighted by atomic mass is 10.1. The van der Waals surface area contributed by atoms with Crippen LogP contribution in [-0.4, -0.2) is 24.0 Å². The Morgan fingerprint density at radius 3 is 2.64 bits per heavy atom. The molecule has 1 saturated heterocycles. The van der Waals surface area contributed by atoms with Crippen LogP contribution < -0.4 is 10.1 Å². The number of thioether (sulfide) groups is 2. The molecule has 3 rings (SSSR count). The maximum absolute atomic E-state index is 12.5. The van der Waals surface area contributed by atoms with Crippen LogP contribution in [0.3, 0.4) is 0 Å². The highest BCUT2D eigenvalue weighted by Gasteiger charge is 2.18. The zero-order valence-corrected chi connectivity index (χ0v) is 14.9. The second-order valence-corrected chi connectivity index (χ2v) is 8.11. The summed E-state index contributed by atoms with van der Waals surface area (Å²) >= 11 is 3.79. The van der Waals surface area contributed by atoms with Crippen molar-refractivity contribution < 1.29 is 18.3 Å². The largest absolute Gasteiger partial charge is 0.434 e. The summed E-state index contributed by atoms with van der Waals surface area (Å²) < 4.78 is 29.8. The van der Waals surface area contributed by atoms with Gasteiger partial charge in [-0.15, -0.1) is 23.5 Å². The van der Waals surface area contributed by atoms with E-state index in [2.05, 4.69) is 10.1 Å². The number of anilines is 1. The van der Waals surface area contributed by atoms with E-state index in [9.17, 15) is 13.6 Å². The summed E-state index contributed by atoms with van der Waals surface area (Å²) in [5, 5.41) is 2.77. The molecule has 2 aromatic carbocycles. The summed E-state index contributed by atoms with van der Waals surface area (Å²) in [4.78, 5) is 12.5. The number of alkyl halides is 2. The van der Waals surface area contributed by atoms with Gasteiger partial charge in [-0.05, 0) is 47.8 Å². The molecule has 132 valence electrons. The van der Waals surface area contributed by atoms with E-state index < -0.39 is 12.5 Å². The third-order valence-electron chi connectivity index (χ3n) is 3.59. The van der Waals surface area contributed by atoms with Crippen LogP contribution in [0.4, 0.5) is 14.5 Å². The van der Waals surface area contributed by atoms with Crippen molar-refractivity contribution in [1.29, 1.82) is 0 Å². The van der Waals surface area contributed by atoms with E-state index >= 15 is 0 Å². The maximum Gasteiger partial charge on any atom is 0.387 e. The molecule has 0 atom stereocenters. The summed E-state index contributed by atoms with van der Waals surface area (Å²) in [7, 11) is 0. The van der Waals surface area contributed by atoms with Gasteiger partial charge in [0.15, 0.2) is 0 Å². The molecule has 1 heterocycles. The van der Waals surface area contributed by atoms with Gasteiger partial charge in [0.05, 0.1) is 10.1 Å². The first kappa shape index (κ1) is 18.1. The average molecular weight is 381 g/mol. The quantitative estimate of drug-likeness (QED) is 0.752. The molecule has 2 aromatic rings. The van der Waals surface area contributed by atoms with Gasteiger partial charge in [-0.2, -0.15) is 8.78 Å². The first-order valence-electron chi connectivity index (χ1n) is 7.82. The lowest BCUT2D eigenvalue weighted by Gasteiger charge is -2.21. The Labute approximate surface area is 153 Å². The Morgan fingerprint density at radius 2 is 1.88 bits per heavy atom. The molecule has 0 bridgehead atoms. The van der Waals surface area contributed by atoms with Gasteiger partial charge in [-0.3, -0.25) is 4.79 Å². The van der Waals surface area contributed by atoms with E-state index in [1.165, 1.54) is 18.6 Å². The number of benzene rings is 2. The Kier molecular flexibility index (Phi) is 6.20. The van der Waals surface area contributed by atoms with Crippen molar-refractivity contribution in [3.8, 4) is 5.75 Å². The SMILES string of the molecule is O=C(Nc1cccc(C2SCCCS2)c1)c1ccccc1OC(F)F. The summed E-state index contributed by atoms with van der Waals surface area (Å²) in [6.45, 7) is -2.97. The normalized spacial score (nSPS) is 15.2. The van der Waals surface area contributed by atoms with Crippen LogP contribution in [0.1, 0.15) is 26.9 Å². The number of carbonyl (C=O) groups is 1. The van der Waals surface area contributed by atoms with E-state index in [1.54, 1.807) is 18.2 Å². The molecule has 1 fully saturated rings. The highest BCUT2D eigenvalue weighted by atomic mass is 32.2. The molecule has 0 aliphatic carbocycles. The second-order valence-electron chi connectivity index (χ2n) is 5.38. The lowest BCUT2D eigenvalue weighted by molar-refractivity contribution is -0.0501. The van der Waals surface area contributed by atoms with Gasteiger partial charge in [0.2, 0.25) is 0 Å². The highest BCUT2D eigenvalue weighted by Crippen LogP contribution is 2.44. The van der Waals surface area contributed by atoms with Crippen molar-refractivity contribution in [2.45, 2.75) is 17.6 Å². The zero-order valence-electron chi connectivity index (χ0n) is 13.3. The van der Waals surface area contributed by atoms with E-state index in [1.807, 2.05) is 41.7 Å². The minimum Gasteiger partial charge on any atom is -0.434 e. The number of para-hydroxylation sites is 1. The molecule has 0 saturated carbocycles. The molecule has 25 heavy (non-hydrogen) atoms. The van der Waals surface area contributed by atoms with Gasteiger partial charge in [0.25, 0.3) is 5.91 Å². The third-order valence-corrected chi connectivity index (χ3v) is 6.61. The fraction of sp³-hybridized carbons (Fsp3) is 0.278. The molecule has 0 aromatic heterocycles. The standard InChI is InChI=1S/C18H17F2NO2S2/c19-18(20)23-15-8-2-1-7-14(15)16(22)21-13-6-3-5-12(11-13)17-24-9-4-10-25-17/h1-3,5-8,11,17-18H,4,9-10H2,(H,21,22). The summed E-state index contributed by atoms with van der Waals surface area (Å²) in [6.07, 6.45) is 1.21. The summed E-state index contributed by atoms with van der Waals surface area (Å²) in [6, 6.07) is 13.6. The average Bonchev–Trinajstić information content (AvgIpc) is 2.62. The fourth-order valence-electron chi connectivity index (χ4n) is 2.49. The third kappa shape index (κ3) is 4.89. The highest BCUT2D eigenvalue weighted by molar-refractivity contribution is 8.16. The number of halogens is 2. The van der Waals surface area contributed by atoms with Crippen molar-refractivity contribution >= 4 is 35.1 Å². The molecule has 7 heteroatoms. The second kappa shape index (κ2) is 8.58. The van der Waals surface area contributed by atoms with E-state index in [0.29, 0.717) is 10.3 Å². The van der Waals surface area contributed by atoms with Crippen LogP contribution in [0, 0.1) is 0 Å². The van der Waals surface area contributed by atoms with Gasteiger partial charge in [0, 0.05) is 5.69 Å². The van der Waals surface area contributed by atoms with Crippen LogP contribution in [-0.2, 0) is 0 Å². The summed E-state index contributed by atoms with van der Waals surface area (Å²) in [5.74, 6) is 1.65. The van der Waals surface area contributed by atoms with Gasteiger partial charge < -0.3 is 10.1 Å². The first-order valence-corrected chi connectivity index (χ1v) is 9.91. The maximum atomic E-state index is 12.5. The molecule has 1 aliphatic rings. The van der Waals surface area contributed by atoms with Crippen LogP contribution in [0.2, 0.25) is 0 Å². The number of hydrogen-bond acceptors (Lipinski definition) is 4. The van der Waals surface area contributed by atoms with Gasteiger partial charge >= 0.3 is 6.61 Å². The predicted molar refractivity (Wildman–Crippen MR) is 99.7 cm³/mol. The number of amides is 1. The van der Waals surface area contributed by atoms with Crippen molar-refractivity contribution in [3.05, 3.63) is 59.7 Å². The van der Waals surface area contributed by atoms with Crippen molar-refractivity contribution in [2.24, 2.45) is 0 Å². The molecule has 3 nitrogen and oxygen atoms in total. The number of hydrogen-bond donors (Lipinski definition) is 1. The molecule has 0 radical (unpaired) electrons. The Bertz CT molecular complexity index is 737. The van der Waals surface area contributed by atoms with Gasteiger partial charge in [-0.1, -0.05) is 24.3 Å². The Balaban J connectivity index is 1.75. The number of ether oxygens (including phenoxy) is 1.